The second-order valence-corrected chi connectivity index (χ2v) is 8.08. The maximum absolute atomic E-state index is 12.9. The molecule has 1 amide bonds. The second-order valence-electron chi connectivity index (χ2n) is 8.08. The van der Waals surface area contributed by atoms with Gasteiger partial charge in [-0.3, -0.25) is 9.59 Å². The monoisotopic (exact) mass is 397 g/mol. The van der Waals surface area contributed by atoms with Crippen LogP contribution in [-0.2, 0) is 11.3 Å². The van der Waals surface area contributed by atoms with Crippen LogP contribution in [0.5, 0.6) is 5.75 Å². The maximum Gasteiger partial charge on any atom is 0.267 e. The molecule has 2 aliphatic rings. The molecular weight excluding hydrogens is 370 g/mol. The standard InChI is InChI=1S/C22H27N3O4/c1-29-18-7-4-5-16(13-18)19-8-9-20(26)25(23-19)15-21(27)24-12-11-22(28)10-3-2-6-17(22)14-24/h4-5,7-9,13,17,28H,2-3,6,10-12,14-15H2,1H3/t17-,22-/m1/s1. The van der Waals surface area contributed by atoms with Crippen molar-refractivity contribution >= 4 is 5.91 Å². The van der Waals surface area contributed by atoms with Gasteiger partial charge < -0.3 is 14.7 Å². The fourth-order valence-corrected chi connectivity index (χ4v) is 4.52. The first-order valence-corrected chi connectivity index (χ1v) is 10.2. The highest BCUT2D eigenvalue weighted by molar-refractivity contribution is 5.76. The van der Waals surface area contributed by atoms with Crippen LogP contribution in [0.4, 0.5) is 0 Å². The van der Waals surface area contributed by atoms with Crippen molar-refractivity contribution in [2.24, 2.45) is 5.92 Å². The van der Waals surface area contributed by atoms with Crippen LogP contribution in [0.3, 0.4) is 0 Å². The number of carbonyl (C=O) groups excluding carboxylic acids is 1. The Morgan fingerprint density at radius 2 is 2.14 bits per heavy atom. The summed E-state index contributed by atoms with van der Waals surface area (Å²) in [5.41, 5.74) is 0.486. The molecule has 2 fully saturated rings. The van der Waals surface area contributed by atoms with E-state index in [1.807, 2.05) is 24.3 Å². The summed E-state index contributed by atoms with van der Waals surface area (Å²) in [7, 11) is 1.60. The molecule has 154 valence electrons. The first-order chi connectivity index (χ1) is 14.0. The summed E-state index contributed by atoms with van der Waals surface area (Å²) in [6.45, 7) is 0.984. The van der Waals surface area contributed by atoms with Gasteiger partial charge in [0.2, 0.25) is 5.91 Å². The summed E-state index contributed by atoms with van der Waals surface area (Å²) in [5, 5.41) is 15.2. The van der Waals surface area contributed by atoms with Crippen molar-refractivity contribution in [2.75, 3.05) is 20.2 Å². The Kier molecular flexibility index (Phi) is 5.41. The molecule has 1 aliphatic carbocycles. The molecule has 1 saturated heterocycles. The number of rotatable bonds is 4. The highest BCUT2D eigenvalue weighted by atomic mass is 16.5. The van der Waals surface area contributed by atoms with Gasteiger partial charge in [-0.25, -0.2) is 4.68 Å². The summed E-state index contributed by atoms with van der Waals surface area (Å²) in [4.78, 5) is 26.9. The molecule has 1 aliphatic heterocycles. The highest BCUT2D eigenvalue weighted by Crippen LogP contribution is 2.39. The second kappa shape index (κ2) is 7.99. The van der Waals surface area contributed by atoms with Crippen molar-refractivity contribution in [3.8, 4) is 17.0 Å². The van der Waals surface area contributed by atoms with Crippen LogP contribution in [0.25, 0.3) is 11.3 Å². The minimum absolute atomic E-state index is 0.0954. The molecule has 1 saturated carbocycles. The largest absolute Gasteiger partial charge is 0.497 e. The molecule has 29 heavy (non-hydrogen) atoms. The molecule has 0 radical (unpaired) electrons. The van der Waals surface area contributed by atoms with Gasteiger partial charge in [0.05, 0.1) is 18.4 Å². The molecule has 0 bridgehead atoms. The van der Waals surface area contributed by atoms with E-state index in [1.54, 1.807) is 18.1 Å². The lowest BCUT2D eigenvalue weighted by Crippen LogP contribution is -2.55. The Morgan fingerprint density at radius 1 is 1.28 bits per heavy atom. The van der Waals surface area contributed by atoms with Crippen molar-refractivity contribution in [3.05, 3.63) is 46.8 Å². The van der Waals surface area contributed by atoms with Crippen LogP contribution in [0.2, 0.25) is 0 Å². The number of carbonyl (C=O) groups is 1. The van der Waals surface area contributed by atoms with E-state index in [0.717, 1.165) is 31.2 Å². The molecule has 2 aromatic rings. The van der Waals surface area contributed by atoms with Gasteiger partial charge in [0.25, 0.3) is 5.56 Å². The Balaban J connectivity index is 1.50. The molecule has 7 heteroatoms. The van der Waals surface area contributed by atoms with E-state index in [9.17, 15) is 14.7 Å². The van der Waals surface area contributed by atoms with Crippen molar-refractivity contribution in [1.29, 1.82) is 0 Å². The molecule has 0 unspecified atom stereocenters. The lowest BCUT2D eigenvalue weighted by atomic mass is 9.71. The number of aromatic nitrogens is 2. The van der Waals surface area contributed by atoms with Crippen molar-refractivity contribution in [3.63, 3.8) is 0 Å². The Bertz CT molecular complexity index is 957. The molecule has 1 aromatic heterocycles. The fraction of sp³-hybridized carbons (Fsp3) is 0.500. The van der Waals surface area contributed by atoms with E-state index >= 15 is 0 Å². The average Bonchev–Trinajstić information content (AvgIpc) is 2.74. The summed E-state index contributed by atoms with van der Waals surface area (Å²) in [5.74, 6) is 0.697. The van der Waals surface area contributed by atoms with Crippen LogP contribution in [0.1, 0.15) is 32.1 Å². The van der Waals surface area contributed by atoms with Gasteiger partial charge in [-0.2, -0.15) is 5.10 Å². The van der Waals surface area contributed by atoms with Crippen molar-refractivity contribution in [1.82, 2.24) is 14.7 Å². The van der Waals surface area contributed by atoms with Crippen LogP contribution in [0, 0.1) is 5.92 Å². The predicted octanol–water partition coefficient (Wildman–Crippen LogP) is 2.07. The molecule has 2 heterocycles. The number of methoxy groups -OCH3 is 1. The van der Waals surface area contributed by atoms with Crippen LogP contribution in [-0.4, -0.2) is 51.5 Å². The van der Waals surface area contributed by atoms with E-state index in [0.29, 0.717) is 31.0 Å². The van der Waals surface area contributed by atoms with E-state index in [-0.39, 0.29) is 23.9 Å². The highest BCUT2D eigenvalue weighted by Gasteiger charge is 2.43. The molecule has 7 nitrogen and oxygen atoms in total. The number of amides is 1. The third kappa shape index (κ3) is 4.05. The first-order valence-electron chi connectivity index (χ1n) is 10.2. The zero-order valence-corrected chi connectivity index (χ0v) is 16.7. The third-order valence-corrected chi connectivity index (χ3v) is 6.30. The van der Waals surface area contributed by atoms with E-state index in [1.165, 1.54) is 10.7 Å². The molecule has 0 spiro atoms. The van der Waals surface area contributed by atoms with Gasteiger partial charge in [0, 0.05) is 30.6 Å². The number of piperidine rings is 1. The number of benzene rings is 1. The number of hydrogen-bond donors (Lipinski definition) is 1. The average molecular weight is 397 g/mol. The number of aliphatic hydroxyl groups is 1. The number of nitrogens with zero attached hydrogens (tertiary/aromatic N) is 3. The third-order valence-electron chi connectivity index (χ3n) is 6.30. The number of hydrogen-bond acceptors (Lipinski definition) is 5. The van der Waals surface area contributed by atoms with Crippen LogP contribution < -0.4 is 10.3 Å². The van der Waals surface area contributed by atoms with Gasteiger partial charge in [-0.1, -0.05) is 25.0 Å². The normalized spacial score (nSPS) is 24.1. The molecule has 2 atom stereocenters. The van der Waals surface area contributed by atoms with Crippen LogP contribution >= 0.6 is 0 Å². The van der Waals surface area contributed by atoms with Gasteiger partial charge in [0.1, 0.15) is 12.3 Å². The number of ether oxygens (including phenoxy) is 1. The van der Waals surface area contributed by atoms with Crippen LogP contribution in [0.15, 0.2) is 41.2 Å². The quantitative estimate of drug-likeness (QED) is 0.854. The summed E-state index contributed by atoms with van der Waals surface area (Å²) in [6, 6.07) is 10.5. The van der Waals surface area contributed by atoms with Crippen molar-refractivity contribution < 1.29 is 14.6 Å². The Labute approximate surface area is 169 Å². The predicted molar refractivity (Wildman–Crippen MR) is 109 cm³/mol. The number of fused-ring (bicyclic) bond motifs is 1. The summed E-state index contributed by atoms with van der Waals surface area (Å²) < 4.78 is 6.47. The van der Waals surface area contributed by atoms with Gasteiger partial charge >= 0.3 is 0 Å². The smallest absolute Gasteiger partial charge is 0.267 e. The van der Waals surface area contributed by atoms with Gasteiger partial charge in [-0.05, 0) is 37.5 Å². The summed E-state index contributed by atoms with van der Waals surface area (Å²) >= 11 is 0. The zero-order chi connectivity index (χ0) is 20.4. The lowest BCUT2D eigenvalue weighted by molar-refractivity contribution is -0.144. The Morgan fingerprint density at radius 3 is 2.97 bits per heavy atom. The maximum atomic E-state index is 12.9. The number of likely N-dealkylation sites (tertiary alicyclic amines) is 1. The topological polar surface area (TPSA) is 84.7 Å². The molecule has 1 N–H and O–H groups in total. The molecular formula is C22H27N3O4. The molecule has 4 rings (SSSR count). The first kappa shape index (κ1) is 19.6. The Hall–Kier alpha value is -2.67. The van der Waals surface area contributed by atoms with Gasteiger partial charge in [0.15, 0.2) is 0 Å². The minimum atomic E-state index is -0.629. The van der Waals surface area contributed by atoms with E-state index < -0.39 is 5.60 Å². The lowest BCUT2D eigenvalue weighted by Gasteiger charge is -2.47. The van der Waals surface area contributed by atoms with E-state index in [2.05, 4.69) is 5.10 Å². The van der Waals surface area contributed by atoms with Crippen molar-refractivity contribution in [2.45, 2.75) is 44.2 Å². The SMILES string of the molecule is COc1cccc(-c2ccc(=O)n(CC(=O)N3CC[C@]4(O)CCCC[C@@H]4C3)n2)c1. The fourth-order valence-electron chi connectivity index (χ4n) is 4.52. The minimum Gasteiger partial charge on any atom is -0.497 e. The molecule has 1 aromatic carbocycles. The van der Waals surface area contributed by atoms with E-state index in [4.69, 9.17) is 4.74 Å². The summed E-state index contributed by atoms with van der Waals surface area (Å²) in [6.07, 6.45) is 4.53. The van der Waals surface area contributed by atoms with Gasteiger partial charge in [-0.15, -0.1) is 0 Å². The zero-order valence-electron chi connectivity index (χ0n) is 16.7.